The lowest BCUT2D eigenvalue weighted by Crippen LogP contribution is -2.45. The Morgan fingerprint density at radius 1 is 1.25 bits per heavy atom. The minimum absolute atomic E-state index is 0.0433. The van der Waals surface area contributed by atoms with Gasteiger partial charge >= 0.3 is 0 Å². The highest BCUT2D eigenvalue weighted by molar-refractivity contribution is 6.31. The monoisotopic (exact) mass is 398 g/mol. The average Bonchev–Trinajstić information content (AvgIpc) is 2.69. The number of halogens is 1. The molecular weight excluding hydrogens is 376 g/mol. The number of amides is 1. The van der Waals surface area contributed by atoms with E-state index in [2.05, 4.69) is 11.4 Å². The van der Waals surface area contributed by atoms with Gasteiger partial charge in [0, 0.05) is 23.9 Å². The lowest BCUT2D eigenvalue weighted by Gasteiger charge is -2.36. The van der Waals surface area contributed by atoms with Gasteiger partial charge in [-0.25, -0.2) is 0 Å². The van der Waals surface area contributed by atoms with Crippen LogP contribution in [-0.4, -0.2) is 25.2 Å². The van der Waals surface area contributed by atoms with Crippen LogP contribution in [0.15, 0.2) is 42.5 Å². The second kappa shape index (κ2) is 8.64. The van der Waals surface area contributed by atoms with Crippen molar-refractivity contribution < 1.29 is 14.3 Å². The first-order chi connectivity index (χ1) is 13.5. The van der Waals surface area contributed by atoms with Crippen LogP contribution in [0.5, 0.6) is 5.75 Å². The molecule has 0 saturated carbocycles. The molecule has 0 atom stereocenters. The van der Waals surface area contributed by atoms with E-state index in [0.29, 0.717) is 48.1 Å². The molecule has 0 radical (unpaired) electrons. The van der Waals surface area contributed by atoms with E-state index < -0.39 is 5.41 Å². The van der Waals surface area contributed by atoms with Crippen molar-refractivity contribution in [1.29, 1.82) is 5.26 Å². The highest BCUT2D eigenvalue weighted by atomic mass is 35.5. The van der Waals surface area contributed by atoms with Gasteiger partial charge in [0.25, 0.3) is 0 Å². The maximum absolute atomic E-state index is 13.4. The van der Waals surface area contributed by atoms with Gasteiger partial charge in [0.1, 0.15) is 11.8 Å². The molecule has 146 valence electrons. The van der Waals surface area contributed by atoms with E-state index in [9.17, 15) is 10.1 Å². The molecule has 1 saturated heterocycles. The molecule has 1 fully saturated rings. The Kier molecular flexibility index (Phi) is 6.23. The molecule has 1 N–H and O–H groups in total. The van der Waals surface area contributed by atoms with Crippen molar-refractivity contribution in [2.75, 3.05) is 18.5 Å². The third kappa shape index (κ3) is 4.14. The first kappa shape index (κ1) is 20.2. The Hall–Kier alpha value is -2.55. The van der Waals surface area contributed by atoms with Crippen LogP contribution >= 0.6 is 11.6 Å². The first-order valence-corrected chi connectivity index (χ1v) is 9.69. The van der Waals surface area contributed by atoms with Crippen molar-refractivity contribution in [3.8, 4) is 11.8 Å². The Morgan fingerprint density at radius 3 is 2.61 bits per heavy atom. The summed E-state index contributed by atoms with van der Waals surface area (Å²) in [7, 11) is 0. The molecule has 3 rings (SSSR count). The van der Waals surface area contributed by atoms with Crippen LogP contribution in [0.25, 0.3) is 0 Å². The summed E-state index contributed by atoms with van der Waals surface area (Å²) in [5.74, 6) is 0.354. The third-order valence-corrected chi connectivity index (χ3v) is 5.22. The molecule has 28 heavy (non-hydrogen) atoms. The number of carbonyl (C=O) groups excluding carboxylic acids is 1. The molecule has 6 heteroatoms. The molecule has 1 aliphatic rings. The number of nitrogens with one attached hydrogen (secondary N) is 1. The average molecular weight is 399 g/mol. The zero-order chi connectivity index (χ0) is 20.1. The quantitative estimate of drug-likeness (QED) is 0.793. The van der Waals surface area contributed by atoms with Crippen LogP contribution in [-0.2, 0) is 14.9 Å². The van der Waals surface area contributed by atoms with Crippen molar-refractivity contribution in [3.05, 3.63) is 58.6 Å². The number of hydrogen-bond acceptors (Lipinski definition) is 4. The number of carbonyl (C=O) groups is 1. The first-order valence-electron chi connectivity index (χ1n) is 9.31. The van der Waals surface area contributed by atoms with E-state index >= 15 is 0 Å². The fraction of sp³-hybridized carbons (Fsp3) is 0.364. The number of nitrogens with zero attached hydrogens (tertiary/aromatic N) is 1. The van der Waals surface area contributed by atoms with Gasteiger partial charge in [-0.2, -0.15) is 5.26 Å². The smallest absolute Gasteiger partial charge is 0.235 e. The summed E-state index contributed by atoms with van der Waals surface area (Å²) in [6, 6.07) is 14.6. The van der Waals surface area contributed by atoms with Gasteiger partial charge in [-0.15, -0.1) is 0 Å². The molecule has 0 unspecified atom stereocenters. The standard InChI is InChI=1S/C22H23ClN2O3/c1-15(2)28-20-8-7-17(13-16(20)14-24)25-21(26)22(9-11-27-12-10-22)18-5-3-4-6-19(18)23/h3-8,13,15H,9-12H2,1-2H3,(H,25,26). The Balaban J connectivity index is 1.91. The van der Waals surface area contributed by atoms with Crippen molar-refractivity contribution >= 4 is 23.2 Å². The molecule has 0 bridgehead atoms. The molecule has 5 nitrogen and oxygen atoms in total. The van der Waals surface area contributed by atoms with E-state index in [0.717, 1.165) is 5.56 Å². The highest BCUT2D eigenvalue weighted by Gasteiger charge is 2.43. The summed E-state index contributed by atoms with van der Waals surface area (Å²) in [5.41, 5.74) is 0.967. The van der Waals surface area contributed by atoms with Gasteiger partial charge in [-0.05, 0) is 56.5 Å². The molecule has 1 heterocycles. The van der Waals surface area contributed by atoms with E-state index in [1.165, 1.54) is 0 Å². The van der Waals surface area contributed by atoms with Crippen LogP contribution in [0, 0.1) is 11.3 Å². The van der Waals surface area contributed by atoms with E-state index in [1.807, 2.05) is 32.0 Å². The lowest BCUT2D eigenvalue weighted by molar-refractivity contribution is -0.125. The van der Waals surface area contributed by atoms with E-state index in [-0.39, 0.29) is 12.0 Å². The molecule has 2 aromatic carbocycles. The normalized spacial score (nSPS) is 15.7. The summed E-state index contributed by atoms with van der Waals surface area (Å²) >= 11 is 6.43. The minimum atomic E-state index is -0.767. The summed E-state index contributed by atoms with van der Waals surface area (Å²) in [5, 5.41) is 13.0. The van der Waals surface area contributed by atoms with Gasteiger partial charge in [0.15, 0.2) is 0 Å². The van der Waals surface area contributed by atoms with Gasteiger partial charge in [0.2, 0.25) is 5.91 Å². The van der Waals surface area contributed by atoms with Crippen molar-refractivity contribution in [2.45, 2.75) is 38.2 Å². The van der Waals surface area contributed by atoms with Crippen LogP contribution in [0.3, 0.4) is 0 Å². The zero-order valence-corrected chi connectivity index (χ0v) is 16.8. The number of ether oxygens (including phenoxy) is 2. The molecule has 0 aliphatic carbocycles. The maximum atomic E-state index is 13.4. The van der Waals surface area contributed by atoms with Crippen LogP contribution in [0.1, 0.15) is 37.8 Å². The second-order valence-corrected chi connectivity index (χ2v) is 7.52. The van der Waals surface area contributed by atoms with Crippen LogP contribution < -0.4 is 10.1 Å². The largest absolute Gasteiger partial charge is 0.490 e. The second-order valence-electron chi connectivity index (χ2n) is 7.12. The molecule has 0 aromatic heterocycles. The van der Waals surface area contributed by atoms with Gasteiger partial charge < -0.3 is 14.8 Å². The predicted octanol–water partition coefficient (Wildman–Crippen LogP) is 4.69. The summed E-state index contributed by atoms with van der Waals surface area (Å²) in [6.45, 7) is 4.78. The van der Waals surface area contributed by atoms with Crippen molar-refractivity contribution in [2.24, 2.45) is 0 Å². The number of hydrogen-bond donors (Lipinski definition) is 1. The SMILES string of the molecule is CC(C)Oc1ccc(NC(=O)C2(c3ccccc3Cl)CCOCC2)cc1C#N. The molecule has 2 aromatic rings. The summed E-state index contributed by atoms with van der Waals surface area (Å²) in [6.07, 6.45) is 1.04. The van der Waals surface area contributed by atoms with Gasteiger partial charge in [-0.1, -0.05) is 29.8 Å². The minimum Gasteiger partial charge on any atom is -0.490 e. The lowest BCUT2D eigenvalue weighted by atomic mass is 9.73. The number of anilines is 1. The summed E-state index contributed by atoms with van der Waals surface area (Å²) < 4.78 is 11.1. The van der Waals surface area contributed by atoms with Crippen LogP contribution in [0.2, 0.25) is 5.02 Å². The van der Waals surface area contributed by atoms with Crippen molar-refractivity contribution in [1.82, 2.24) is 0 Å². The van der Waals surface area contributed by atoms with Gasteiger partial charge in [0.05, 0.1) is 17.1 Å². The molecule has 1 amide bonds. The van der Waals surface area contributed by atoms with Crippen LogP contribution in [0.4, 0.5) is 5.69 Å². The summed E-state index contributed by atoms with van der Waals surface area (Å²) in [4.78, 5) is 13.4. The fourth-order valence-electron chi connectivity index (χ4n) is 3.49. The molecule has 0 spiro atoms. The Morgan fingerprint density at radius 2 is 1.96 bits per heavy atom. The number of nitriles is 1. The van der Waals surface area contributed by atoms with Crippen molar-refractivity contribution in [3.63, 3.8) is 0 Å². The maximum Gasteiger partial charge on any atom is 0.235 e. The van der Waals surface area contributed by atoms with E-state index in [4.69, 9.17) is 21.1 Å². The topological polar surface area (TPSA) is 71.3 Å². The molecule has 1 aliphatic heterocycles. The molecular formula is C22H23ClN2O3. The zero-order valence-electron chi connectivity index (χ0n) is 16.0. The number of benzene rings is 2. The Labute approximate surface area is 170 Å². The van der Waals surface area contributed by atoms with E-state index in [1.54, 1.807) is 24.3 Å². The number of rotatable bonds is 5. The van der Waals surface area contributed by atoms with Gasteiger partial charge in [-0.3, -0.25) is 4.79 Å². The predicted molar refractivity (Wildman–Crippen MR) is 109 cm³/mol. The third-order valence-electron chi connectivity index (χ3n) is 4.89. The fourth-order valence-corrected chi connectivity index (χ4v) is 3.81. The Bertz CT molecular complexity index is 899. The highest BCUT2D eigenvalue weighted by Crippen LogP contribution is 2.39.